The first kappa shape index (κ1) is 21.4. The van der Waals surface area contributed by atoms with Crippen LogP contribution in [0.2, 0.25) is 0 Å². The van der Waals surface area contributed by atoms with Gasteiger partial charge in [0, 0.05) is 5.69 Å². The lowest BCUT2D eigenvalue weighted by Gasteiger charge is -2.21. The molecule has 7 aromatic carbocycles. The summed E-state index contributed by atoms with van der Waals surface area (Å²) in [5, 5.41) is 7.35. The normalized spacial score (nSPS) is 11.4. The minimum absolute atomic E-state index is 0.773. The lowest BCUT2D eigenvalue weighted by molar-refractivity contribution is 1.60. The molecule has 1 heteroatoms. The third-order valence-electron chi connectivity index (χ3n) is 7.33. The number of nitrogens with two attached hydrogens (primary N) is 1. The van der Waals surface area contributed by atoms with Crippen molar-refractivity contribution in [3.63, 3.8) is 0 Å². The Morgan fingerprint density at radius 1 is 0.351 bits per heavy atom. The van der Waals surface area contributed by atoms with Gasteiger partial charge in [0.2, 0.25) is 0 Å². The highest BCUT2D eigenvalue weighted by atomic mass is 14.5. The first-order chi connectivity index (χ1) is 18.3. The summed E-state index contributed by atoms with van der Waals surface area (Å²) in [5.41, 5.74) is 14.4. The number of rotatable bonds is 3. The van der Waals surface area contributed by atoms with Gasteiger partial charge in [-0.25, -0.2) is 0 Å². The molecule has 0 saturated heterocycles. The fourth-order valence-electron chi connectivity index (χ4n) is 5.64. The Labute approximate surface area is 216 Å². The molecule has 174 valence electrons. The molecule has 2 N–H and O–H groups in total. The van der Waals surface area contributed by atoms with Crippen LogP contribution in [0.4, 0.5) is 5.69 Å². The fourth-order valence-corrected chi connectivity index (χ4v) is 5.64. The molecule has 0 bridgehead atoms. The van der Waals surface area contributed by atoms with Crippen molar-refractivity contribution in [2.75, 3.05) is 5.73 Å². The van der Waals surface area contributed by atoms with E-state index in [-0.39, 0.29) is 0 Å². The van der Waals surface area contributed by atoms with Crippen LogP contribution in [0.5, 0.6) is 0 Å². The van der Waals surface area contributed by atoms with Crippen LogP contribution in [-0.2, 0) is 0 Å². The van der Waals surface area contributed by atoms with Crippen molar-refractivity contribution in [2.45, 2.75) is 0 Å². The van der Waals surface area contributed by atoms with Gasteiger partial charge in [0.05, 0.1) is 0 Å². The van der Waals surface area contributed by atoms with E-state index < -0.39 is 0 Å². The number of benzene rings is 7. The van der Waals surface area contributed by atoms with Crippen molar-refractivity contribution in [3.8, 4) is 33.4 Å². The molecule has 1 nitrogen and oxygen atoms in total. The summed E-state index contributed by atoms with van der Waals surface area (Å²) < 4.78 is 0. The minimum Gasteiger partial charge on any atom is -0.399 e. The highest BCUT2D eigenvalue weighted by Crippen LogP contribution is 2.47. The van der Waals surface area contributed by atoms with E-state index in [0.717, 1.165) is 11.1 Å². The first-order valence-corrected chi connectivity index (χ1v) is 12.7. The van der Waals surface area contributed by atoms with Crippen LogP contribution in [0.15, 0.2) is 140 Å². The fraction of sp³-hybridized carbons (Fsp3) is 0. The zero-order chi connectivity index (χ0) is 24.8. The van der Waals surface area contributed by atoms with E-state index >= 15 is 0 Å². The van der Waals surface area contributed by atoms with Gasteiger partial charge in [-0.15, -0.1) is 0 Å². The summed E-state index contributed by atoms with van der Waals surface area (Å²) in [7, 11) is 0. The summed E-state index contributed by atoms with van der Waals surface area (Å²) in [6, 6.07) is 50.0. The number of fused-ring (bicyclic) bond motifs is 3. The van der Waals surface area contributed by atoms with Crippen molar-refractivity contribution in [1.82, 2.24) is 0 Å². The van der Waals surface area contributed by atoms with Crippen LogP contribution in [0.1, 0.15) is 0 Å². The molecule has 7 rings (SSSR count). The summed E-state index contributed by atoms with van der Waals surface area (Å²) in [6.45, 7) is 0. The van der Waals surface area contributed by atoms with Crippen LogP contribution < -0.4 is 5.73 Å². The molecule has 0 saturated carbocycles. The standard InChI is InChI=1S/C36H25N/c37-30-18-19-31-29(21-30)23-34(24-10-3-1-4-11-24)36(35(31)25-12-5-2-6-13-25)32-17-9-16-28-20-26-14-7-8-15-27(26)22-33(28)32/h1-23H,37H2. The average Bonchev–Trinajstić information content (AvgIpc) is 2.95. The van der Waals surface area contributed by atoms with E-state index in [1.165, 1.54) is 60.3 Å². The van der Waals surface area contributed by atoms with Crippen LogP contribution in [0.25, 0.3) is 65.7 Å². The topological polar surface area (TPSA) is 26.0 Å². The van der Waals surface area contributed by atoms with Gasteiger partial charge in [0.25, 0.3) is 0 Å². The maximum atomic E-state index is 6.28. The van der Waals surface area contributed by atoms with Crippen molar-refractivity contribution in [3.05, 3.63) is 140 Å². The third-order valence-corrected chi connectivity index (χ3v) is 7.33. The molecule has 0 unspecified atom stereocenters. The SMILES string of the molecule is Nc1ccc2c(-c3ccccc3)c(-c3cccc4cc5ccccc5cc34)c(-c3ccccc3)cc2c1. The summed E-state index contributed by atoms with van der Waals surface area (Å²) >= 11 is 0. The Balaban J connectivity index is 1.69. The summed E-state index contributed by atoms with van der Waals surface area (Å²) in [4.78, 5) is 0. The Morgan fingerprint density at radius 3 is 1.76 bits per heavy atom. The molecule has 0 radical (unpaired) electrons. The number of nitrogen functional groups attached to an aromatic ring is 1. The second-order valence-electron chi connectivity index (χ2n) is 9.61. The number of hydrogen-bond acceptors (Lipinski definition) is 1. The van der Waals surface area contributed by atoms with Crippen molar-refractivity contribution < 1.29 is 0 Å². The van der Waals surface area contributed by atoms with Crippen molar-refractivity contribution >= 4 is 38.0 Å². The van der Waals surface area contributed by atoms with Crippen LogP contribution in [0.3, 0.4) is 0 Å². The third kappa shape index (κ3) is 3.64. The van der Waals surface area contributed by atoms with Crippen molar-refractivity contribution in [1.29, 1.82) is 0 Å². The van der Waals surface area contributed by atoms with Crippen LogP contribution in [0, 0.1) is 0 Å². The van der Waals surface area contributed by atoms with E-state index in [1.54, 1.807) is 0 Å². The van der Waals surface area contributed by atoms with E-state index in [1.807, 2.05) is 6.07 Å². The van der Waals surface area contributed by atoms with Crippen LogP contribution >= 0.6 is 0 Å². The number of anilines is 1. The molecule has 0 spiro atoms. The predicted octanol–water partition coefficient (Wildman–Crippen LogP) is 9.73. The van der Waals surface area contributed by atoms with Crippen molar-refractivity contribution in [2.24, 2.45) is 0 Å². The lowest BCUT2D eigenvalue weighted by Crippen LogP contribution is -1.95. The Kier molecular flexibility index (Phi) is 5.01. The molecule has 37 heavy (non-hydrogen) atoms. The van der Waals surface area contributed by atoms with Gasteiger partial charge in [0.1, 0.15) is 0 Å². The van der Waals surface area contributed by atoms with Gasteiger partial charge in [-0.1, -0.05) is 109 Å². The lowest BCUT2D eigenvalue weighted by atomic mass is 9.82. The minimum atomic E-state index is 0.773. The van der Waals surface area contributed by atoms with Gasteiger partial charge in [0.15, 0.2) is 0 Å². The zero-order valence-corrected chi connectivity index (χ0v) is 20.4. The molecule has 0 atom stereocenters. The Morgan fingerprint density at radius 2 is 1.00 bits per heavy atom. The Bertz CT molecular complexity index is 1920. The van der Waals surface area contributed by atoms with E-state index in [9.17, 15) is 0 Å². The summed E-state index contributed by atoms with van der Waals surface area (Å²) in [5.74, 6) is 0. The molecule has 0 aromatic heterocycles. The van der Waals surface area contributed by atoms with Gasteiger partial charge in [-0.05, 0) is 96.0 Å². The van der Waals surface area contributed by atoms with E-state index in [0.29, 0.717) is 0 Å². The monoisotopic (exact) mass is 471 g/mol. The maximum absolute atomic E-state index is 6.28. The quantitative estimate of drug-likeness (QED) is 0.201. The molecular weight excluding hydrogens is 446 g/mol. The van der Waals surface area contributed by atoms with Gasteiger partial charge >= 0.3 is 0 Å². The molecule has 0 aliphatic heterocycles. The summed E-state index contributed by atoms with van der Waals surface area (Å²) in [6.07, 6.45) is 0. The molecule has 0 fully saturated rings. The van der Waals surface area contributed by atoms with Gasteiger partial charge < -0.3 is 5.73 Å². The molecule has 7 aromatic rings. The second kappa shape index (κ2) is 8.65. The van der Waals surface area contributed by atoms with Gasteiger partial charge in [-0.2, -0.15) is 0 Å². The number of hydrogen-bond donors (Lipinski definition) is 1. The first-order valence-electron chi connectivity index (χ1n) is 12.7. The van der Waals surface area contributed by atoms with E-state index in [4.69, 9.17) is 5.73 Å². The average molecular weight is 472 g/mol. The molecule has 0 amide bonds. The second-order valence-corrected chi connectivity index (χ2v) is 9.61. The highest BCUT2D eigenvalue weighted by molar-refractivity contribution is 6.15. The smallest absolute Gasteiger partial charge is 0.0320 e. The van der Waals surface area contributed by atoms with Gasteiger partial charge in [-0.3, -0.25) is 0 Å². The molecule has 0 aliphatic carbocycles. The Hall–Kier alpha value is -4.88. The largest absolute Gasteiger partial charge is 0.399 e. The molecule has 0 aliphatic rings. The molecular formula is C36H25N. The maximum Gasteiger partial charge on any atom is 0.0320 e. The molecule has 0 heterocycles. The highest BCUT2D eigenvalue weighted by Gasteiger charge is 2.20. The van der Waals surface area contributed by atoms with Crippen LogP contribution in [-0.4, -0.2) is 0 Å². The van der Waals surface area contributed by atoms with E-state index in [2.05, 4.69) is 133 Å². The zero-order valence-electron chi connectivity index (χ0n) is 20.4. The predicted molar refractivity (Wildman–Crippen MR) is 160 cm³/mol.